The molecule has 0 N–H and O–H groups in total. The molecule has 4 rings (SSSR count). The lowest BCUT2D eigenvalue weighted by Crippen LogP contribution is -2.34. The number of allylic oxidation sites excluding steroid dienone is 1. The SMILES string of the molecule is CN(C(=O)C1=C(C2CCCCC2)N2CCCN=C2S1)c1cc(Cl)cc(Cl)c1.Cl. The Morgan fingerprint density at radius 1 is 1.14 bits per heavy atom. The minimum absolute atomic E-state index is 0. The van der Waals surface area contributed by atoms with Crippen LogP contribution in [-0.2, 0) is 4.79 Å². The van der Waals surface area contributed by atoms with E-state index in [0.717, 1.165) is 42.4 Å². The second-order valence-electron chi connectivity index (χ2n) is 7.31. The number of fused-ring (bicyclic) bond motifs is 1. The third kappa shape index (κ3) is 4.33. The number of amides is 1. The molecule has 1 aliphatic carbocycles. The summed E-state index contributed by atoms with van der Waals surface area (Å²) in [5, 5.41) is 2.04. The lowest BCUT2D eigenvalue weighted by Gasteiger charge is -2.32. The molecule has 3 aliphatic rings. The number of halogens is 3. The van der Waals surface area contributed by atoms with Crippen LogP contribution < -0.4 is 4.90 Å². The Bertz CT molecular complexity index is 801. The summed E-state index contributed by atoms with van der Waals surface area (Å²) in [4.78, 5) is 22.9. The van der Waals surface area contributed by atoms with E-state index in [0.29, 0.717) is 21.7 Å². The van der Waals surface area contributed by atoms with Crippen molar-refractivity contribution in [3.8, 4) is 0 Å². The highest BCUT2D eigenvalue weighted by Crippen LogP contribution is 2.45. The number of carbonyl (C=O) groups excluding carboxylic acids is 1. The molecule has 2 aliphatic heterocycles. The Morgan fingerprint density at radius 3 is 2.50 bits per heavy atom. The van der Waals surface area contributed by atoms with Gasteiger partial charge in [-0.1, -0.05) is 42.5 Å². The van der Waals surface area contributed by atoms with Gasteiger partial charge in [0, 0.05) is 47.5 Å². The number of hydrogen-bond donors (Lipinski definition) is 0. The van der Waals surface area contributed by atoms with Gasteiger partial charge >= 0.3 is 0 Å². The van der Waals surface area contributed by atoms with Gasteiger partial charge in [-0.05, 0) is 49.2 Å². The molecule has 0 radical (unpaired) electrons. The van der Waals surface area contributed by atoms with E-state index in [9.17, 15) is 4.79 Å². The second-order valence-corrected chi connectivity index (χ2v) is 9.16. The molecule has 1 amide bonds. The van der Waals surface area contributed by atoms with Crippen LogP contribution in [0.1, 0.15) is 38.5 Å². The molecule has 1 aromatic rings. The molecule has 8 heteroatoms. The van der Waals surface area contributed by atoms with E-state index >= 15 is 0 Å². The van der Waals surface area contributed by atoms with Crippen LogP contribution in [0.25, 0.3) is 0 Å². The molecule has 0 aromatic heterocycles. The first-order chi connectivity index (χ1) is 13.0. The summed E-state index contributed by atoms with van der Waals surface area (Å²) in [6, 6.07) is 5.23. The maximum Gasteiger partial charge on any atom is 0.266 e. The van der Waals surface area contributed by atoms with Gasteiger partial charge in [-0.3, -0.25) is 9.79 Å². The number of amidine groups is 1. The number of anilines is 1. The van der Waals surface area contributed by atoms with Crippen molar-refractivity contribution in [2.75, 3.05) is 25.0 Å². The van der Waals surface area contributed by atoms with Crippen LogP contribution in [0.5, 0.6) is 0 Å². The molecule has 1 fully saturated rings. The van der Waals surface area contributed by atoms with Gasteiger partial charge in [0.1, 0.15) is 4.91 Å². The van der Waals surface area contributed by atoms with Gasteiger partial charge in [-0.2, -0.15) is 0 Å². The Morgan fingerprint density at radius 2 is 1.82 bits per heavy atom. The van der Waals surface area contributed by atoms with Gasteiger partial charge in [0.2, 0.25) is 0 Å². The zero-order valence-corrected chi connectivity index (χ0v) is 18.9. The quantitative estimate of drug-likeness (QED) is 0.557. The van der Waals surface area contributed by atoms with Gasteiger partial charge in [0.05, 0.1) is 0 Å². The van der Waals surface area contributed by atoms with Crippen molar-refractivity contribution in [3.63, 3.8) is 0 Å². The minimum Gasteiger partial charge on any atom is -0.323 e. The van der Waals surface area contributed by atoms with Crippen molar-refractivity contribution in [3.05, 3.63) is 38.8 Å². The molecule has 28 heavy (non-hydrogen) atoms. The monoisotopic (exact) mass is 459 g/mol. The van der Waals surface area contributed by atoms with Crippen molar-refractivity contribution in [2.45, 2.75) is 38.5 Å². The summed E-state index contributed by atoms with van der Waals surface area (Å²) >= 11 is 13.8. The summed E-state index contributed by atoms with van der Waals surface area (Å²) in [7, 11) is 1.79. The van der Waals surface area contributed by atoms with Crippen molar-refractivity contribution in [2.24, 2.45) is 10.9 Å². The number of carbonyl (C=O) groups is 1. The van der Waals surface area contributed by atoms with Crippen LogP contribution in [0, 0.1) is 5.92 Å². The summed E-state index contributed by atoms with van der Waals surface area (Å²) in [6.45, 7) is 1.80. The van der Waals surface area contributed by atoms with Crippen LogP contribution in [-0.4, -0.2) is 36.1 Å². The van der Waals surface area contributed by atoms with Crippen molar-refractivity contribution < 1.29 is 4.79 Å². The van der Waals surface area contributed by atoms with Gasteiger partial charge in [0.25, 0.3) is 5.91 Å². The smallest absolute Gasteiger partial charge is 0.266 e. The van der Waals surface area contributed by atoms with E-state index in [1.807, 2.05) is 0 Å². The number of aliphatic imine (C=N–C) groups is 1. The maximum absolute atomic E-state index is 13.4. The number of likely N-dealkylation sites (N-methyl/N-ethyl adjacent to an activating group) is 1. The minimum atomic E-state index is -0.00370. The average Bonchev–Trinajstić information content (AvgIpc) is 3.06. The van der Waals surface area contributed by atoms with Crippen molar-refractivity contribution >= 4 is 64.1 Å². The van der Waals surface area contributed by atoms with E-state index in [2.05, 4.69) is 9.89 Å². The van der Waals surface area contributed by atoms with E-state index < -0.39 is 0 Å². The lowest BCUT2D eigenvalue weighted by atomic mass is 9.86. The normalized spacial score (nSPS) is 19.8. The molecule has 0 saturated heterocycles. The highest BCUT2D eigenvalue weighted by molar-refractivity contribution is 8.18. The van der Waals surface area contributed by atoms with Gasteiger partial charge in [0.15, 0.2) is 5.17 Å². The summed E-state index contributed by atoms with van der Waals surface area (Å²) in [5.74, 6) is 0.448. The number of benzene rings is 1. The summed E-state index contributed by atoms with van der Waals surface area (Å²) in [5.41, 5.74) is 1.91. The maximum atomic E-state index is 13.4. The lowest BCUT2D eigenvalue weighted by molar-refractivity contribution is -0.114. The molecule has 2 heterocycles. The third-order valence-electron chi connectivity index (χ3n) is 5.46. The Hall–Kier alpha value is -0.880. The van der Waals surface area contributed by atoms with Gasteiger partial charge < -0.3 is 9.80 Å². The second kappa shape index (κ2) is 9.29. The van der Waals surface area contributed by atoms with Gasteiger partial charge in [-0.25, -0.2) is 0 Å². The molecular weight excluding hydrogens is 437 g/mol. The van der Waals surface area contributed by atoms with Crippen LogP contribution in [0.4, 0.5) is 5.69 Å². The number of hydrogen-bond acceptors (Lipinski definition) is 4. The predicted octanol–water partition coefficient (Wildman–Crippen LogP) is 5.98. The number of nitrogens with zero attached hydrogens (tertiary/aromatic N) is 3. The third-order valence-corrected chi connectivity index (χ3v) is 7.02. The topological polar surface area (TPSA) is 35.9 Å². The molecule has 1 saturated carbocycles. The summed E-state index contributed by atoms with van der Waals surface area (Å²) in [6.07, 6.45) is 7.12. The van der Waals surface area contributed by atoms with E-state index in [-0.39, 0.29) is 18.3 Å². The van der Waals surface area contributed by atoms with Crippen LogP contribution in [0.15, 0.2) is 33.8 Å². The standard InChI is InChI=1S/C20H23Cl2N3OS.ClH/c1-24(16-11-14(21)10-15(22)12-16)19(26)18-17(13-6-3-2-4-7-13)25-9-5-8-23-20(25)27-18;/h10-13H,2-9H2,1H3;1H. The molecule has 4 nitrogen and oxygen atoms in total. The fourth-order valence-electron chi connectivity index (χ4n) is 4.10. The molecule has 1 aromatic carbocycles. The highest BCUT2D eigenvalue weighted by atomic mass is 35.5. The fraction of sp³-hybridized carbons (Fsp3) is 0.500. The largest absolute Gasteiger partial charge is 0.323 e. The Kier molecular flexibility index (Phi) is 7.24. The van der Waals surface area contributed by atoms with E-state index in [1.54, 1.807) is 30.1 Å². The number of thioether (sulfide) groups is 1. The first kappa shape index (κ1) is 21.8. The van der Waals surface area contributed by atoms with Crippen molar-refractivity contribution in [1.82, 2.24) is 4.90 Å². The Labute approximate surface area is 186 Å². The Balaban J connectivity index is 0.00000225. The van der Waals surface area contributed by atoms with Crippen LogP contribution >= 0.6 is 47.4 Å². The summed E-state index contributed by atoms with van der Waals surface area (Å²) < 4.78 is 0. The molecular formula is C20H24Cl3N3OS. The van der Waals surface area contributed by atoms with Crippen LogP contribution in [0.3, 0.4) is 0 Å². The van der Waals surface area contributed by atoms with Gasteiger partial charge in [-0.15, -0.1) is 12.4 Å². The van der Waals surface area contributed by atoms with Crippen molar-refractivity contribution in [1.29, 1.82) is 0 Å². The highest BCUT2D eigenvalue weighted by Gasteiger charge is 2.39. The average molecular weight is 461 g/mol. The molecule has 0 atom stereocenters. The first-order valence-corrected chi connectivity index (χ1v) is 11.1. The van der Waals surface area contributed by atoms with E-state index in [1.165, 1.54) is 36.7 Å². The fourth-order valence-corrected chi connectivity index (χ4v) is 5.86. The zero-order chi connectivity index (χ0) is 19.0. The predicted molar refractivity (Wildman–Crippen MR) is 122 cm³/mol. The molecule has 152 valence electrons. The van der Waals surface area contributed by atoms with Crippen LogP contribution in [0.2, 0.25) is 10.0 Å². The molecule has 0 spiro atoms. The molecule has 0 bridgehead atoms. The first-order valence-electron chi connectivity index (χ1n) is 9.53. The molecule has 0 unspecified atom stereocenters. The van der Waals surface area contributed by atoms with E-state index in [4.69, 9.17) is 23.2 Å². The number of rotatable bonds is 3. The zero-order valence-electron chi connectivity index (χ0n) is 15.8.